The van der Waals surface area contributed by atoms with Gasteiger partial charge >= 0.3 is 5.97 Å². The van der Waals surface area contributed by atoms with E-state index in [0.29, 0.717) is 12.8 Å². The lowest BCUT2D eigenvalue weighted by atomic mass is 9.85. The van der Waals surface area contributed by atoms with Crippen molar-refractivity contribution in [1.82, 2.24) is 5.32 Å². The summed E-state index contributed by atoms with van der Waals surface area (Å²) in [4.78, 5) is 23.6. The minimum atomic E-state index is -0.726. The minimum absolute atomic E-state index is 0.00311. The molecule has 2 aromatic rings. The lowest BCUT2D eigenvalue weighted by Crippen LogP contribution is -2.40. The van der Waals surface area contributed by atoms with Crippen molar-refractivity contribution in [2.45, 2.75) is 44.6 Å². The second-order valence-electron chi connectivity index (χ2n) is 7.09. The predicted molar refractivity (Wildman–Crippen MR) is 100 cm³/mol. The SMILES string of the molecule is COc1ccc2cc(C(C)C(=O)NC3CCC(C(=O)O)CC3)ccc2c1. The number of benzene rings is 2. The summed E-state index contributed by atoms with van der Waals surface area (Å²) in [5.74, 6) is -0.433. The van der Waals surface area contributed by atoms with E-state index in [9.17, 15) is 9.59 Å². The maximum Gasteiger partial charge on any atom is 0.306 e. The molecule has 0 aromatic heterocycles. The number of methoxy groups -OCH3 is 1. The van der Waals surface area contributed by atoms with Gasteiger partial charge in [0.05, 0.1) is 18.9 Å². The number of ether oxygens (including phenoxy) is 1. The molecule has 2 aromatic carbocycles. The van der Waals surface area contributed by atoms with Gasteiger partial charge in [-0.15, -0.1) is 0 Å². The Hall–Kier alpha value is -2.56. The van der Waals surface area contributed by atoms with Crippen LogP contribution in [0.4, 0.5) is 0 Å². The van der Waals surface area contributed by atoms with E-state index in [0.717, 1.165) is 34.9 Å². The fraction of sp³-hybridized carbons (Fsp3) is 0.429. The van der Waals surface area contributed by atoms with Crippen LogP contribution < -0.4 is 10.1 Å². The summed E-state index contributed by atoms with van der Waals surface area (Å²) in [6.07, 6.45) is 2.72. The summed E-state index contributed by atoms with van der Waals surface area (Å²) >= 11 is 0. The topological polar surface area (TPSA) is 75.6 Å². The Kier molecular flexibility index (Phi) is 5.45. The Morgan fingerprint density at radius 2 is 1.73 bits per heavy atom. The van der Waals surface area contributed by atoms with Gasteiger partial charge in [0.25, 0.3) is 0 Å². The Bertz CT molecular complexity index is 809. The molecule has 1 aliphatic carbocycles. The van der Waals surface area contributed by atoms with E-state index < -0.39 is 5.97 Å². The summed E-state index contributed by atoms with van der Waals surface area (Å²) in [6.45, 7) is 1.91. The number of fused-ring (bicyclic) bond motifs is 1. The summed E-state index contributed by atoms with van der Waals surface area (Å²) in [5, 5.41) is 14.3. The molecule has 0 saturated heterocycles. The molecular formula is C21H25NO4. The molecule has 1 saturated carbocycles. The number of carboxylic acid groups (broad SMARTS) is 1. The number of amides is 1. The van der Waals surface area contributed by atoms with E-state index >= 15 is 0 Å². The Morgan fingerprint density at radius 3 is 2.38 bits per heavy atom. The Labute approximate surface area is 153 Å². The van der Waals surface area contributed by atoms with Crippen LogP contribution >= 0.6 is 0 Å². The number of hydrogen-bond donors (Lipinski definition) is 2. The number of carbonyl (C=O) groups is 2. The normalized spacial score (nSPS) is 21.2. The summed E-state index contributed by atoms with van der Waals surface area (Å²) < 4.78 is 5.24. The van der Waals surface area contributed by atoms with Crippen LogP contribution in [-0.4, -0.2) is 30.1 Å². The first kappa shape index (κ1) is 18.2. The third-order valence-corrected chi connectivity index (χ3v) is 5.39. The molecule has 26 heavy (non-hydrogen) atoms. The average molecular weight is 355 g/mol. The highest BCUT2D eigenvalue weighted by Gasteiger charge is 2.27. The van der Waals surface area contributed by atoms with Gasteiger partial charge in [0.15, 0.2) is 0 Å². The molecule has 2 N–H and O–H groups in total. The van der Waals surface area contributed by atoms with E-state index in [1.54, 1.807) is 7.11 Å². The summed E-state index contributed by atoms with van der Waals surface area (Å²) in [7, 11) is 1.64. The number of hydrogen-bond acceptors (Lipinski definition) is 3. The largest absolute Gasteiger partial charge is 0.497 e. The zero-order valence-electron chi connectivity index (χ0n) is 15.2. The third kappa shape index (κ3) is 3.98. The number of carboxylic acids is 1. The van der Waals surface area contributed by atoms with Crippen LogP contribution in [0.2, 0.25) is 0 Å². The van der Waals surface area contributed by atoms with E-state index in [2.05, 4.69) is 5.32 Å². The first-order chi connectivity index (χ1) is 12.5. The van der Waals surface area contributed by atoms with E-state index in [4.69, 9.17) is 9.84 Å². The van der Waals surface area contributed by atoms with Crippen molar-refractivity contribution in [3.8, 4) is 5.75 Å². The van der Waals surface area contributed by atoms with Crippen LogP contribution in [0, 0.1) is 5.92 Å². The lowest BCUT2D eigenvalue weighted by Gasteiger charge is -2.28. The van der Waals surface area contributed by atoms with Crippen molar-refractivity contribution in [2.75, 3.05) is 7.11 Å². The van der Waals surface area contributed by atoms with E-state index in [1.807, 2.05) is 43.3 Å². The first-order valence-corrected chi connectivity index (χ1v) is 9.09. The van der Waals surface area contributed by atoms with Crippen molar-refractivity contribution in [2.24, 2.45) is 5.92 Å². The minimum Gasteiger partial charge on any atom is -0.497 e. The molecule has 1 atom stereocenters. The maximum absolute atomic E-state index is 12.6. The molecule has 0 spiro atoms. The zero-order chi connectivity index (χ0) is 18.7. The molecule has 5 heteroatoms. The molecule has 0 radical (unpaired) electrons. The number of aliphatic carboxylic acids is 1. The van der Waals surface area contributed by atoms with Gasteiger partial charge in [0, 0.05) is 6.04 Å². The van der Waals surface area contributed by atoms with Crippen molar-refractivity contribution >= 4 is 22.6 Å². The molecule has 1 amide bonds. The Morgan fingerprint density at radius 1 is 1.08 bits per heavy atom. The summed E-state index contributed by atoms with van der Waals surface area (Å²) in [5.41, 5.74) is 0.972. The quantitative estimate of drug-likeness (QED) is 0.857. The number of rotatable bonds is 5. The van der Waals surface area contributed by atoms with Gasteiger partial charge in [0.1, 0.15) is 5.75 Å². The van der Waals surface area contributed by atoms with Crippen LogP contribution in [-0.2, 0) is 9.59 Å². The lowest BCUT2D eigenvalue weighted by molar-refractivity contribution is -0.142. The van der Waals surface area contributed by atoms with Crippen molar-refractivity contribution in [3.05, 3.63) is 42.0 Å². The van der Waals surface area contributed by atoms with Crippen molar-refractivity contribution in [1.29, 1.82) is 0 Å². The molecular weight excluding hydrogens is 330 g/mol. The van der Waals surface area contributed by atoms with Gasteiger partial charge in [-0.05, 0) is 61.1 Å². The third-order valence-electron chi connectivity index (χ3n) is 5.39. The average Bonchev–Trinajstić information content (AvgIpc) is 2.66. The molecule has 5 nitrogen and oxygen atoms in total. The van der Waals surface area contributed by atoms with Gasteiger partial charge in [-0.2, -0.15) is 0 Å². The van der Waals surface area contributed by atoms with Crippen LogP contribution in [0.5, 0.6) is 5.75 Å². The van der Waals surface area contributed by atoms with E-state index in [-0.39, 0.29) is 23.8 Å². The molecule has 1 fully saturated rings. The molecule has 0 heterocycles. The zero-order valence-corrected chi connectivity index (χ0v) is 15.2. The molecule has 1 unspecified atom stereocenters. The fourth-order valence-electron chi connectivity index (χ4n) is 3.60. The predicted octanol–water partition coefficient (Wildman–Crippen LogP) is 3.71. The molecule has 1 aliphatic rings. The smallest absolute Gasteiger partial charge is 0.306 e. The maximum atomic E-state index is 12.6. The molecule has 0 bridgehead atoms. The second kappa shape index (κ2) is 7.77. The van der Waals surface area contributed by atoms with Gasteiger partial charge in [-0.25, -0.2) is 0 Å². The van der Waals surface area contributed by atoms with Crippen molar-refractivity contribution < 1.29 is 19.4 Å². The molecule has 138 valence electrons. The van der Waals surface area contributed by atoms with Crippen LogP contribution in [0.3, 0.4) is 0 Å². The first-order valence-electron chi connectivity index (χ1n) is 9.09. The monoisotopic (exact) mass is 355 g/mol. The van der Waals surface area contributed by atoms with Crippen molar-refractivity contribution in [3.63, 3.8) is 0 Å². The highest BCUT2D eigenvalue weighted by Crippen LogP contribution is 2.27. The highest BCUT2D eigenvalue weighted by atomic mass is 16.5. The van der Waals surface area contributed by atoms with Gasteiger partial charge < -0.3 is 15.2 Å². The van der Waals surface area contributed by atoms with Gasteiger partial charge in [-0.1, -0.05) is 24.3 Å². The number of nitrogens with one attached hydrogen (secondary N) is 1. The van der Waals surface area contributed by atoms with Crippen LogP contribution in [0.15, 0.2) is 36.4 Å². The molecule has 0 aliphatic heterocycles. The number of carbonyl (C=O) groups excluding carboxylic acids is 1. The fourth-order valence-corrected chi connectivity index (χ4v) is 3.60. The highest BCUT2D eigenvalue weighted by molar-refractivity contribution is 5.88. The van der Waals surface area contributed by atoms with Gasteiger partial charge in [0.2, 0.25) is 5.91 Å². The summed E-state index contributed by atoms with van der Waals surface area (Å²) in [6, 6.07) is 12.0. The second-order valence-corrected chi connectivity index (χ2v) is 7.09. The van der Waals surface area contributed by atoms with E-state index in [1.165, 1.54) is 0 Å². The standard InChI is InChI=1S/C21H25NO4/c1-13(20(23)22-18-8-5-14(6-9-18)21(24)25)15-3-4-17-12-19(26-2)10-7-16(17)11-15/h3-4,7,10-14,18H,5-6,8-9H2,1-2H3,(H,22,23)(H,24,25). The van der Waals surface area contributed by atoms with Crippen LogP contribution in [0.25, 0.3) is 10.8 Å². The molecule has 3 rings (SSSR count). The van der Waals surface area contributed by atoms with Gasteiger partial charge in [-0.3, -0.25) is 9.59 Å². The Balaban J connectivity index is 1.65. The van der Waals surface area contributed by atoms with Crippen LogP contribution in [0.1, 0.15) is 44.1 Å².